The van der Waals surface area contributed by atoms with Crippen LogP contribution in [0.4, 0.5) is 10.5 Å². The number of phenols is 3. The van der Waals surface area contributed by atoms with Gasteiger partial charge < -0.3 is 26.0 Å². The Morgan fingerprint density at radius 1 is 1.05 bits per heavy atom. The molecule has 2 amide bonds. The molecular formula is C15H24N2O4. The lowest BCUT2D eigenvalue weighted by molar-refractivity contribution is 0.220. The van der Waals surface area contributed by atoms with Crippen LogP contribution in [0, 0.1) is 5.41 Å². The monoisotopic (exact) mass is 296 g/mol. The molecule has 0 radical (unpaired) electrons. The molecule has 0 aliphatic heterocycles. The number of amides is 2. The van der Waals surface area contributed by atoms with Crippen LogP contribution in [0.5, 0.6) is 17.2 Å². The van der Waals surface area contributed by atoms with Crippen LogP contribution in [0.25, 0.3) is 0 Å². The number of carbonyl (C=O) groups excluding carboxylic acids is 1. The third kappa shape index (κ3) is 5.41. The van der Waals surface area contributed by atoms with Crippen molar-refractivity contribution < 1.29 is 20.1 Å². The fourth-order valence-electron chi connectivity index (χ4n) is 2.52. The molecule has 0 bridgehead atoms. The third-order valence-electron chi connectivity index (χ3n) is 2.75. The number of rotatable bonds is 3. The van der Waals surface area contributed by atoms with Gasteiger partial charge in [-0.15, -0.1) is 0 Å². The molecule has 1 aromatic rings. The first kappa shape index (κ1) is 16.9. The zero-order valence-electron chi connectivity index (χ0n) is 13.1. The Morgan fingerprint density at radius 3 is 1.95 bits per heavy atom. The molecule has 0 aliphatic rings. The molecule has 0 atom stereocenters. The van der Waals surface area contributed by atoms with Crippen molar-refractivity contribution in [2.24, 2.45) is 5.41 Å². The molecule has 118 valence electrons. The topological polar surface area (TPSA) is 102 Å². The summed E-state index contributed by atoms with van der Waals surface area (Å²) in [4.78, 5) is 12.0. The zero-order valence-corrected chi connectivity index (χ0v) is 13.1. The van der Waals surface area contributed by atoms with Crippen LogP contribution in [0.2, 0.25) is 0 Å². The molecule has 0 saturated heterocycles. The average Bonchev–Trinajstić information content (AvgIpc) is 2.20. The first-order valence-corrected chi connectivity index (χ1v) is 6.74. The lowest BCUT2D eigenvalue weighted by atomic mass is 9.82. The number of hydrogen-bond donors (Lipinski definition) is 5. The number of phenolic OH excluding ortho intramolecular Hbond substituents is 3. The molecule has 5 N–H and O–H groups in total. The molecule has 0 aliphatic carbocycles. The maximum absolute atomic E-state index is 12.0. The molecule has 0 saturated carbocycles. The van der Waals surface area contributed by atoms with Gasteiger partial charge in [0.2, 0.25) is 0 Å². The van der Waals surface area contributed by atoms with E-state index in [9.17, 15) is 20.1 Å². The minimum atomic E-state index is -0.617. The lowest BCUT2D eigenvalue weighted by Gasteiger charge is -2.33. The van der Waals surface area contributed by atoms with Crippen LogP contribution < -0.4 is 10.6 Å². The van der Waals surface area contributed by atoms with Crippen molar-refractivity contribution in [1.82, 2.24) is 5.32 Å². The summed E-state index contributed by atoms with van der Waals surface area (Å²) in [5.41, 5.74) is -0.165. The highest BCUT2D eigenvalue weighted by molar-refractivity contribution is 5.90. The van der Waals surface area contributed by atoms with Gasteiger partial charge in [-0.3, -0.25) is 0 Å². The standard InChI is InChI=1S/C15H24N2O4/c1-14(2,3)8-15(4,5)17-13(21)16-9-6-10(18)12(20)11(19)7-9/h6-7,18-20H,8H2,1-5H3,(H2,16,17,21). The summed E-state index contributed by atoms with van der Waals surface area (Å²) in [5.74, 6) is -1.62. The van der Waals surface area contributed by atoms with E-state index in [1.54, 1.807) is 0 Å². The van der Waals surface area contributed by atoms with Crippen LogP contribution in [0.3, 0.4) is 0 Å². The van der Waals surface area contributed by atoms with Crippen molar-refractivity contribution in [3.63, 3.8) is 0 Å². The fraction of sp³-hybridized carbons (Fsp3) is 0.533. The van der Waals surface area contributed by atoms with Gasteiger partial charge in [0, 0.05) is 17.7 Å². The van der Waals surface area contributed by atoms with Gasteiger partial charge in [-0.05, 0) is 25.7 Å². The maximum atomic E-state index is 12.0. The first-order valence-electron chi connectivity index (χ1n) is 6.74. The smallest absolute Gasteiger partial charge is 0.319 e. The number of carbonyl (C=O) groups is 1. The fourth-order valence-corrected chi connectivity index (χ4v) is 2.52. The van der Waals surface area contributed by atoms with Gasteiger partial charge in [-0.2, -0.15) is 0 Å². The number of urea groups is 1. The van der Waals surface area contributed by atoms with E-state index < -0.39 is 28.8 Å². The quantitative estimate of drug-likeness (QED) is 0.437. The molecule has 1 aromatic carbocycles. The molecule has 21 heavy (non-hydrogen) atoms. The predicted molar refractivity (Wildman–Crippen MR) is 81.7 cm³/mol. The second-order valence-corrected chi connectivity index (χ2v) is 7.06. The van der Waals surface area contributed by atoms with E-state index in [1.165, 1.54) is 0 Å². The predicted octanol–water partition coefficient (Wildman–Crippen LogP) is 3.14. The molecule has 0 fully saturated rings. The van der Waals surface area contributed by atoms with Crippen molar-refractivity contribution in [3.05, 3.63) is 12.1 Å². The van der Waals surface area contributed by atoms with E-state index in [-0.39, 0.29) is 11.1 Å². The molecule has 6 nitrogen and oxygen atoms in total. The average molecular weight is 296 g/mol. The number of nitrogens with one attached hydrogen (secondary N) is 2. The van der Waals surface area contributed by atoms with Gasteiger partial charge >= 0.3 is 6.03 Å². The second kappa shape index (κ2) is 5.71. The number of aromatic hydroxyl groups is 3. The van der Waals surface area contributed by atoms with Gasteiger partial charge in [0.15, 0.2) is 17.2 Å². The van der Waals surface area contributed by atoms with Crippen LogP contribution in [0.1, 0.15) is 41.0 Å². The van der Waals surface area contributed by atoms with Gasteiger partial charge in [0.25, 0.3) is 0 Å². The van der Waals surface area contributed by atoms with Gasteiger partial charge in [-0.1, -0.05) is 20.8 Å². The third-order valence-corrected chi connectivity index (χ3v) is 2.75. The number of benzene rings is 1. The molecule has 6 heteroatoms. The Balaban J connectivity index is 2.74. The van der Waals surface area contributed by atoms with E-state index >= 15 is 0 Å². The molecular weight excluding hydrogens is 272 g/mol. The van der Waals surface area contributed by atoms with Gasteiger partial charge in [0.1, 0.15) is 0 Å². The van der Waals surface area contributed by atoms with E-state index in [0.29, 0.717) is 0 Å². The maximum Gasteiger partial charge on any atom is 0.319 e. The molecule has 0 spiro atoms. The second-order valence-electron chi connectivity index (χ2n) is 7.06. The van der Waals surface area contributed by atoms with E-state index in [0.717, 1.165) is 18.6 Å². The van der Waals surface area contributed by atoms with Crippen LogP contribution >= 0.6 is 0 Å². The van der Waals surface area contributed by atoms with Crippen LogP contribution in [0.15, 0.2) is 12.1 Å². The van der Waals surface area contributed by atoms with Crippen molar-refractivity contribution >= 4 is 11.7 Å². The summed E-state index contributed by atoms with van der Waals surface area (Å²) in [7, 11) is 0. The Bertz CT molecular complexity index is 510. The Labute approximate surface area is 124 Å². The van der Waals surface area contributed by atoms with Crippen LogP contribution in [-0.2, 0) is 0 Å². The molecule has 0 unspecified atom stereocenters. The Hall–Kier alpha value is -2.11. The minimum Gasteiger partial charge on any atom is -0.504 e. The molecule has 0 aromatic heterocycles. The van der Waals surface area contributed by atoms with E-state index in [1.807, 2.05) is 13.8 Å². The van der Waals surface area contributed by atoms with Gasteiger partial charge in [0.05, 0.1) is 5.69 Å². The highest BCUT2D eigenvalue weighted by Crippen LogP contribution is 2.37. The normalized spacial score (nSPS) is 12.0. The number of anilines is 1. The summed E-state index contributed by atoms with van der Waals surface area (Å²) in [6, 6.07) is 1.87. The zero-order chi connectivity index (χ0) is 16.4. The lowest BCUT2D eigenvalue weighted by Crippen LogP contribution is -2.47. The van der Waals surface area contributed by atoms with Crippen molar-refractivity contribution in [2.75, 3.05) is 5.32 Å². The molecule has 1 rings (SSSR count). The first-order chi connectivity index (χ1) is 9.39. The van der Waals surface area contributed by atoms with Crippen molar-refractivity contribution in [3.8, 4) is 17.2 Å². The number of hydrogen-bond acceptors (Lipinski definition) is 4. The summed E-state index contributed by atoms with van der Waals surface area (Å²) in [6.45, 7) is 10.1. The Kier molecular flexibility index (Phi) is 4.61. The Morgan fingerprint density at radius 2 is 1.52 bits per heavy atom. The highest BCUT2D eigenvalue weighted by atomic mass is 16.3. The van der Waals surface area contributed by atoms with E-state index in [2.05, 4.69) is 31.4 Å². The van der Waals surface area contributed by atoms with Gasteiger partial charge in [-0.25, -0.2) is 4.79 Å². The largest absolute Gasteiger partial charge is 0.504 e. The summed E-state index contributed by atoms with van der Waals surface area (Å²) >= 11 is 0. The van der Waals surface area contributed by atoms with E-state index in [4.69, 9.17) is 0 Å². The summed E-state index contributed by atoms with van der Waals surface area (Å²) in [5, 5.41) is 33.4. The minimum absolute atomic E-state index is 0.0614. The summed E-state index contributed by atoms with van der Waals surface area (Å²) in [6.07, 6.45) is 0.777. The summed E-state index contributed by atoms with van der Waals surface area (Å²) < 4.78 is 0. The molecule has 0 heterocycles. The van der Waals surface area contributed by atoms with Crippen LogP contribution in [-0.4, -0.2) is 26.9 Å². The highest BCUT2D eigenvalue weighted by Gasteiger charge is 2.27. The SMILES string of the molecule is CC(C)(C)CC(C)(C)NC(=O)Nc1cc(O)c(O)c(O)c1. The van der Waals surface area contributed by atoms with Crippen molar-refractivity contribution in [2.45, 2.75) is 46.6 Å². The van der Waals surface area contributed by atoms with Crippen molar-refractivity contribution in [1.29, 1.82) is 0 Å².